The van der Waals surface area contributed by atoms with E-state index in [-0.39, 0.29) is 19.8 Å². The van der Waals surface area contributed by atoms with Crippen LogP contribution >= 0.6 is 7.72 Å². The molecule has 180 valence electrons. The van der Waals surface area contributed by atoms with Crippen molar-refractivity contribution in [1.29, 1.82) is 0 Å². The van der Waals surface area contributed by atoms with Crippen molar-refractivity contribution >= 4 is 7.72 Å². The first-order valence-corrected chi connectivity index (χ1v) is 13.0. The SMILES string of the molecule is CCC(C)(CC)OC1C(CO)OC(OCCO[P+](O)(CC)C(CC)(CC)OC)C1O. The molecule has 5 atom stereocenters. The summed E-state index contributed by atoms with van der Waals surface area (Å²) in [7, 11) is -1.20. The van der Waals surface area contributed by atoms with E-state index >= 15 is 0 Å². The summed E-state index contributed by atoms with van der Waals surface area (Å²) in [6, 6.07) is 0. The Hall–Kier alpha value is 0.110. The van der Waals surface area contributed by atoms with Crippen LogP contribution in [0.15, 0.2) is 0 Å². The zero-order valence-corrected chi connectivity index (χ0v) is 20.7. The van der Waals surface area contributed by atoms with Crippen LogP contribution in [0.2, 0.25) is 0 Å². The van der Waals surface area contributed by atoms with Crippen molar-refractivity contribution in [2.75, 3.05) is 33.1 Å². The Labute approximate surface area is 182 Å². The second-order valence-corrected chi connectivity index (χ2v) is 11.1. The van der Waals surface area contributed by atoms with Crippen molar-refractivity contribution < 1.29 is 38.6 Å². The van der Waals surface area contributed by atoms with Gasteiger partial charge in [0.15, 0.2) is 6.29 Å². The lowest BCUT2D eigenvalue weighted by molar-refractivity contribution is -0.172. The van der Waals surface area contributed by atoms with Crippen LogP contribution in [0, 0.1) is 0 Å². The average Bonchev–Trinajstić information content (AvgIpc) is 3.07. The van der Waals surface area contributed by atoms with E-state index in [1.807, 2.05) is 41.5 Å². The van der Waals surface area contributed by atoms with E-state index in [2.05, 4.69) is 0 Å². The second kappa shape index (κ2) is 12.4. The van der Waals surface area contributed by atoms with Gasteiger partial charge in [0, 0.05) is 20.0 Å². The van der Waals surface area contributed by atoms with Gasteiger partial charge in [0.05, 0.1) is 18.8 Å². The molecule has 1 rings (SSSR count). The van der Waals surface area contributed by atoms with Gasteiger partial charge in [-0.15, -0.1) is 0 Å². The minimum absolute atomic E-state index is 0.126. The van der Waals surface area contributed by atoms with E-state index in [1.54, 1.807) is 7.11 Å². The molecular weight excluding hydrogens is 411 g/mol. The molecule has 1 fully saturated rings. The summed E-state index contributed by atoms with van der Waals surface area (Å²) >= 11 is 0. The third kappa shape index (κ3) is 6.12. The number of aliphatic hydroxyl groups is 2. The molecule has 0 aromatic rings. The summed E-state index contributed by atoms with van der Waals surface area (Å²) in [4.78, 5) is 11.2. The van der Waals surface area contributed by atoms with Gasteiger partial charge in [-0.3, -0.25) is 0 Å². The Balaban J connectivity index is 2.68. The molecule has 1 aliphatic rings. The van der Waals surface area contributed by atoms with E-state index < -0.39 is 43.3 Å². The van der Waals surface area contributed by atoms with Crippen molar-refractivity contribution in [3.05, 3.63) is 0 Å². The van der Waals surface area contributed by atoms with Crippen molar-refractivity contribution in [3.8, 4) is 0 Å². The summed E-state index contributed by atoms with van der Waals surface area (Å²) in [5.41, 5.74) is -0.410. The number of hydrogen-bond acceptors (Lipinski definition) is 8. The second-order valence-electron chi connectivity index (χ2n) is 8.03. The summed E-state index contributed by atoms with van der Waals surface area (Å²) < 4.78 is 29.1. The normalized spacial score (nSPS) is 27.4. The topological polar surface area (TPSA) is 107 Å². The van der Waals surface area contributed by atoms with Gasteiger partial charge in [0.2, 0.25) is 5.34 Å². The third-order valence-electron chi connectivity index (χ3n) is 6.61. The van der Waals surface area contributed by atoms with E-state index in [9.17, 15) is 15.1 Å². The minimum atomic E-state index is -2.80. The van der Waals surface area contributed by atoms with Crippen LogP contribution in [0.1, 0.15) is 67.2 Å². The van der Waals surface area contributed by atoms with Gasteiger partial charge < -0.3 is 29.2 Å². The molecule has 0 aromatic heterocycles. The van der Waals surface area contributed by atoms with Crippen molar-refractivity contribution in [2.24, 2.45) is 0 Å². The molecule has 5 unspecified atom stereocenters. The summed E-state index contributed by atoms with van der Waals surface area (Å²) in [5.74, 6) is 0. The maximum absolute atomic E-state index is 11.2. The number of hydrogen-bond donors (Lipinski definition) is 3. The van der Waals surface area contributed by atoms with Crippen molar-refractivity contribution in [2.45, 2.75) is 103 Å². The molecule has 0 radical (unpaired) electrons. The van der Waals surface area contributed by atoms with E-state index in [0.29, 0.717) is 19.0 Å². The number of rotatable bonds is 15. The highest BCUT2D eigenvalue weighted by Gasteiger charge is 2.58. The first-order valence-electron chi connectivity index (χ1n) is 11.2. The molecule has 0 saturated carbocycles. The summed E-state index contributed by atoms with van der Waals surface area (Å²) in [5, 5.41) is 19.6. The predicted octanol–water partition coefficient (Wildman–Crippen LogP) is 3.08. The Morgan fingerprint density at radius 1 is 1.00 bits per heavy atom. The third-order valence-corrected chi connectivity index (χ3v) is 10.2. The van der Waals surface area contributed by atoms with Crippen LogP contribution in [-0.4, -0.2) is 83.7 Å². The highest BCUT2D eigenvalue weighted by molar-refractivity contribution is 7.66. The highest BCUT2D eigenvalue weighted by Crippen LogP contribution is 2.69. The van der Waals surface area contributed by atoms with Crippen LogP contribution in [0.5, 0.6) is 0 Å². The largest absolute Gasteiger partial charge is 0.394 e. The molecule has 0 spiro atoms. The Morgan fingerprint density at radius 3 is 2.03 bits per heavy atom. The monoisotopic (exact) mass is 455 g/mol. The smallest absolute Gasteiger partial charge is 0.302 e. The first kappa shape index (κ1) is 28.1. The standard InChI is InChI=1S/C21H44O8P/c1-8-20(6,9-2)29-18-16(15-22)28-19(17(18)23)26-13-14-27-30(24,12-5)21(10-3,11-4)25-7/h16-19,22-24H,8-15H2,1-7H3/q+1. The molecule has 9 heteroatoms. The minimum Gasteiger partial charge on any atom is -0.394 e. The van der Waals surface area contributed by atoms with Crippen LogP contribution in [0.25, 0.3) is 0 Å². The lowest BCUT2D eigenvalue weighted by Crippen LogP contribution is -2.44. The number of aliphatic hydroxyl groups excluding tert-OH is 2. The van der Waals surface area contributed by atoms with Crippen LogP contribution in [-0.2, 0) is 23.5 Å². The average molecular weight is 456 g/mol. The van der Waals surface area contributed by atoms with Gasteiger partial charge in [-0.05, 0) is 26.7 Å². The Bertz CT molecular complexity index is 477. The Morgan fingerprint density at radius 2 is 1.60 bits per heavy atom. The first-order chi connectivity index (χ1) is 14.1. The molecule has 0 amide bonds. The van der Waals surface area contributed by atoms with Gasteiger partial charge in [0.1, 0.15) is 31.1 Å². The maximum Gasteiger partial charge on any atom is 0.302 e. The van der Waals surface area contributed by atoms with Crippen molar-refractivity contribution in [1.82, 2.24) is 0 Å². The molecule has 30 heavy (non-hydrogen) atoms. The lowest BCUT2D eigenvalue weighted by Gasteiger charge is -2.35. The molecule has 0 aromatic carbocycles. The zero-order chi connectivity index (χ0) is 23.0. The van der Waals surface area contributed by atoms with Crippen LogP contribution in [0.3, 0.4) is 0 Å². The molecular formula is C21H44O8P+. The molecule has 3 N–H and O–H groups in total. The predicted molar refractivity (Wildman–Crippen MR) is 118 cm³/mol. The fraction of sp³-hybridized carbons (Fsp3) is 1.00. The Kier molecular flexibility index (Phi) is 11.6. The maximum atomic E-state index is 11.2. The van der Waals surface area contributed by atoms with Gasteiger partial charge in [-0.2, -0.15) is 0 Å². The quantitative estimate of drug-likeness (QED) is 0.256. The molecule has 1 heterocycles. The molecule has 0 aliphatic carbocycles. The highest BCUT2D eigenvalue weighted by atomic mass is 31.2. The summed E-state index contributed by atoms with van der Waals surface area (Å²) in [6.45, 7) is 11.9. The van der Waals surface area contributed by atoms with Crippen LogP contribution < -0.4 is 0 Å². The van der Waals surface area contributed by atoms with Gasteiger partial charge >= 0.3 is 7.72 Å². The van der Waals surface area contributed by atoms with Gasteiger partial charge in [-0.1, -0.05) is 27.7 Å². The van der Waals surface area contributed by atoms with Crippen molar-refractivity contribution in [3.63, 3.8) is 0 Å². The van der Waals surface area contributed by atoms with E-state index in [1.165, 1.54) is 0 Å². The zero-order valence-electron chi connectivity index (χ0n) is 19.8. The fourth-order valence-electron chi connectivity index (χ4n) is 3.91. The molecule has 8 nitrogen and oxygen atoms in total. The molecule has 1 aliphatic heterocycles. The molecule has 1 saturated heterocycles. The van der Waals surface area contributed by atoms with E-state index in [4.69, 9.17) is 23.5 Å². The fourth-order valence-corrected chi connectivity index (χ4v) is 6.55. The number of ether oxygens (including phenoxy) is 4. The van der Waals surface area contributed by atoms with Gasteiger partial charge in [0.25, 0.3) is 0 Å². The summed E-state index contributed by atoms with van der Waals surface area (Å²) in [6.07, 6.45) is 0.0362. The van der Waals surface area contributed by atoms with Crippen LogP contribution in [0.4, 0.5) is 0 Å². The molecule has 0 bridgehead atoms. The lowest BCUT2D eigenvalue weighted by atomic mass is 9.98. The van der Waals surface area contributed by atoms with E-state index in [0.717, 1.165) is 12.8 Å². The van der Waals surface area contributed by atoms with Gasteiger partial charge in [-0.25, -0.2) is 9.42 Å². The number of methoxy groups -OCH3 is 1.